The number of hydrogen-bond acceptors (Lipinski definition) is 5. The fourth-order valence-electron chi connectivity index (χ4n) is 3.82. The lowest BCUT2D eigenvalue weighted by molar-refractivity contribution is -0.140. The van der Waals surface area contributed by atoms with Crippen LogP contribution in [-0.4, -0.2) is 28.8 Å². The topological polar surface area (TPSA) is 66.8 Å². The standard InChI is InChI=1S/C24H21NO4S/c1-15-8-3-4-10-17(15)21-20(22(26)18-11-5-6-12-19(18)29-2)23(27)24(28)25(21)14-16-9-7-13-30-16/h3-13,21,26H,14H2,1-2H3/b22-20+. The van der Waals surface area contributed by atoms with Crippen molar-refractivity contribution in [3.05, 3.63) is 93.2 Å². The zero-order chi connectivity index (χ0) is 21.3. The van der Waals surface area contributed by atoms with Crippen molar-refractivity contribution in [2.45, 2.75) is 19.5 Å². The Bertz CT molecular complexity index is 1130. The van der Waals surface area contributed by atoms with Gasteiger partial charge in [-0.2, -0.15) is 0 Å². The second-order valence-electron chi connectivity index (χ2n) is 7.06. The number of methoxy groups -OCH3 is 1. The Balaban J connectivity index is 1.92. The van der Waals surface area contributed by atoms with E-state index in [0.29, 0.717) is 17.9 Å². The molecule has 30 heavy (non-hydrogen) atoms. The Labute approximate surface area is 178 Å². The van der Waals surface area contributed by atoms with Crippen LogP contribution in [0.4, 0.5) is 0 Å². The number of aryl methyl sites for hydroxylation is 1. The van der Waals surface area contributed by atoms with Gasteiger partial charge in [-0.05, 0) is 41.6 Å². The van der Waals surface area contributed by atoms with Gasteiger partial charge in [-0.25, -0.2) is 0 Å². The second kappa shape index (κ2) is 8.16. The van der Waals surface area contributed by atoms with E-state index < -0.39 is 17.7 Å². The van der Waals surface area contributed by atoms with Crippen LogP contribution < -0.4 is 4.74 Å². The first kappa shape index (κ1) is 19.9. The lowest BCUT2D eigenvalue weighted by Crippen LogP contribution is -2.29. The van der Waals surface area contributed by atoms with Gasteiger partial charge in [0, 0.05) is 4.88 Å². The number of rotatable bonds is 5. The second-order valence-corrected chi connectivity index (χ2v) is 8.10. The van der Waals surface area contributed by atoms with Gasteiger partial charge >= 0.3 is 0 Å². The molecule has 0 radical (unpaired) electrons. The highest BCUT2D eigenvalue weighted by atomic mass is 32.1. The summed E-state index contributed by atoms with van der Waals surface area (Å²) < 4.78 is 5.36. The highest BCUT2D eigenvalue weighted by Gasteiger charge is 2.46. The van der Waals surface area contributed by atoms with E-state index in [9.17, 15) is 14.7 Å². The van der Waals surface area contributed by atoms with Gasteiger partial charge in [0.15, 0.2) is 0 Å². The molecule has 1 aliphatic heterocycles. The number of carbonyl (C=O) groups excluding carboxylic acids is 2. The van der Waals surface area contributed by atoms with E-state index in [1.165, 1.54) is 23.3 Å². The Kier molecular flexibility index (Phi) is 5.42. The van der Waals surface area contributed by atoms with E-state index in [1.54, 1.807) is 24.3 Å². The molecule has 1 unspecified atom stereocenters. The summed E-state index contributed by atoms with van der Waals surface area (Å²) in [6.07, 6.45) is 0. The minimum atomic E-state index is -0.691. The predicted octanol–water partition coefficient (Wildman–Crippen LogP) is 4.69. The molecule has 152 valence electrons. The quantitative estimate of drug-likeness (QED) is 0.370. The summed E-state index contributed by atoms with van der Waals surface area (Å²) in [6, 6.07) is 17.7. The molecule has 0 saturated carbocycles. The SMILES string of the molecule is COc1ccccc1/C(O)=C1\C(=O)C(=O)N(Cc2cccs2)C1c1ccccc1C. The van der Waals surface area contributed by atoms with E-state index in [-0.39, 0.29) is 11.3 Å². The fraction of sp³-hybridized carbons (Fsp3) is 0.167. The molecule has 1 amide bonds. The summed E-state index contributed by atoms with van der Waals surface area (Å²) in [6.45, 7) is 2.23. The zero-order valence-electron chi connectivity index (χ0n) is 16.7. The first-order valence-corrected chi connectivity index (χ1v) is 10.4. The first-order valence-electron chi connectivity index (χ1n) is 9.52. The molecule has 1 saturated heterocycles. The largest absolute Gasteiger partial charge is 0.507 e. The number of para-hydroxylation sites is 1. The molecular formula is C24H21NO4S. The van der Waals surface area contributed by atoms with Gasteiger partial charge in [0.25, 0.3) is 11.7 Å². The van der Waals surface area contributed by atoms with Crippen LogP contribution in [0.5, 0.6) is 5.75 Å². The van der Waals surface area contributed by atoms with Gasteiger partial charge in [0.05, 0.1) is 30.8 Å². The van der Waals surface area contributed by atoms with Crippen molar-refractivity contribution in [3.8, 4) is 5.75 Å². The van der Waals surface area contributed by atoms with Crippen molar-refractivity contribution < 1.29 is 19.4 Å². The van der Waals surface area contributed by atoms with E-state index >= 15 is 0 Å². The normalized spacial score (nSPS) is 18.1. The number of thiophene rings is 1. The summed E-state index contributed by atoms with van der Waals surface area (Å²) in [4.78, 5) is 28.6. The molecule has 6 heteroatoms. The maximum atomic E-state index is 13.1. The number of likely N-dealkylation sites (tertiary alicyclic amines) is 1. The van der Waals surface area contributed by atoms with Crippen molar-refractivity contribution in [3.63, 3.8) is 0 Å². The number of ketones is 1. The van der Waals surface area contributed by atoms with E-state index in [2.05, 4.69) is 0 Å². The molecule has 2 aromatic carbocycles. The number of benzene rings is 2. The molecule has 1 aliphatic rings. The third kappa shape index (κ3) is 3.39. The van der Waals surface area contributed by atoms with Crippen LogP contribution in [0, 0.1) is 6.92 Å². The van der Waals surface area contributed by atoms with E-state index in [0.717, 1.165) is 16.0 Å². The molecule has 1 N–H and O–H groups in total. The smallest absolute Gasteiger partial charge is 0.295 e. The summed E-state index contributed by atoms with van der Waals surface area (Å²) >= 11 is 1.52. The van der Waals surface area contributed by atoms with Crippen molar-refractivity contribution in [1.82, 2.24) is 4.90 Å². The zero-order valence-corrected chi connectivity index (χ0v) is 17.5. The minimum absolute atomic E-state index is 0.0790. The molecule has 2 heterocycles. The van der Waals surface area contributed by atoms with E-state index in [4.69, 9.17) is 4.74 Å². The number of nitrogens with zero attached hydrogens (tertiary/aromatic N) is 1. The lowest BCUT2D eigenvalue weighted by Gasteiger charge is -2.26. The first-order chi connectivity index (χ1) is 14.5. The predicted molar refractivity (Wildman–Crippen MR) is 116 cm³/mol. The van der Waals surface area contributed by atoms with E-state index in [1.807, 2.05) is 48.7 Å². The van der Waals surface area contributed by atoms with Crippen LogP contribution in [-0.2, 0) is 16.1 Å². The number of aliphatic hydroxyl groups excluding tert-OH is 1. The number of amides is 1. The van der Waals surface area contributed by atoms with Gasteiger partial charge in [-0.1, -0.05) is 42.5 Å². The molecule has 5 nitrogen and oxygen atoms in total. The fourth-order valence-corrected chi connectivity index (χ4v) is 4.52. The van der Waals surface area contributed by atoms with Crippen molar-refractivity contribution in [1.29, 1.82) is 0 Å². The monoisotopic (exact) mass is 419 g/mol. The summed E-state index contributed by atoms with van der Waals surface area (Å²) in [5.41, 5.74) is 2.21. The Hall–Kier alpha value is -3.38. The number of aliphatic hydroxyl groups is 1. The number of ether oxygens (including phenoxy) is 1. The molecule has 3 aromatic rings. The molecule has 1 fully saturated rings. The van der Waals surface area contributed by atoms with Gasteiger partial charge in [-0.15, -0.1) is 11.3 Å². The minimum Gasteiger partial charge on any atom is -0.507 e. The maximum Gasteiger partial charge on any atom is 0.295 e. The van der Waals surface area contributed by atoms with Gasteiger partial charge in [0.2, 0.25) is 0 Å². The molecule has 0 bridgehead atoms. The molecular weight excluding hydrogens is 398 g/mol. The molecule has 1 aromatic heterocycles. The third-order valence-corrected chi connectivity index (χ3v) is 6.15. The van der Waals surface area contributed by atoms with Crippen LogP contribution >= 0.6 is 11.3 Å². The van der Waals surface area contributed by atoms with Crippen molar-refractivity contribution in [2.24, 2.45) is 0 Å². The van der Waals surface area contributed by atoms with Crippen LogP contribution in [0.2, 0.25) is 0 Å². The molecule has 4 rings (SSSR count). The summed E-state index contributed by atoms with van der Waals surface area (Å²) in [5.74, 6) is -1.10. The Morgan fingerprint density at radius 3 is 2.50 bits per heavy atom. The van der Waals surface area contributed by atoms with Crippen LogP contribution in [0.3, 0.4) is 0 Å². The number of Topliss-reactive ketones (excluding diaryl/α,β-unsaturated/α-hetero) is 1. The highest BCUT2D eigenvalue weighted by Crippen LogP contribution is 2.42. The number of hydrogen-bond donors (Lipinski definition) is 1. The molecule has 1 atom stereocenters. The third-order valence-electron chi connectivity index (χ3n) is 5.29. The van der Waals surface area contributed by atoms with Gasteiger partial charge < -0.3 is 14.7 Å². The molecule has 0 spiro atoms. The van der Waals surface area contributed by atoms with Crippen molar-refractivity contribution >= 4 is 28.8 Å². The van der Waals surface area contributed by atoms with Gasteiger partial charge in [0.1, 0.15) is 11.5 Å². The van der Waals surface area contributed by atoms with Crippen molar-refractivity contribution in [2.75, 3.05) is 7.11 Å². The average molecular weight is 420 g/mol. The number of carbonyl (C=O) groups is 2. The highest BCUT2D eigenvalue weighted by molar-refractivity contribution is 7.09. The van der Waals surface area contributed by atoms with Crippen LogP contribution in [0.15, 0.2) is 71.6 Å². The molecule has 0 aliphatic carbocycles. The van der Waals surface area contributed by atoms with Crippen LogP contribution in [0.1, 0.15) is 27.6 Å². The van der Waals surface area contributed by atoms with Gasteiger partial charge in [-0.3, -0.25) is 9.59 Å². The summed E-state index contributed by atoms with van der Waals surface area (Å²) in [7, 11) is 1.50. The Morgan fingerprint density at radius 2 is 1.80 bits per heavy atom. The lowest BCUT2D eigenvalue weighted by atomic mass is 9.92. The average Bonchev–Trinajstić information content (AvgIpc) is 3.36. The maximum absolute atomic E-state index is 13.1. The summed E-state index contributed by atoms with van der Waals surface area (Å²) in [5, 5.41) is 13.1. The van der Waals surface area contributed by atoms with Crippen LogP contribution in [0.25, 0.3) is 5.76 Å². The Morgan fingerprint density at radius 1 is 1.07 bits per heavy atom.